The van der Waals surface area contributed by atoms with Crippen LogP contribution in [0.4, 0.5) is 5.69 Å². The van der Waals surface area contributed by atoms with Crippen LogP contribution in [-0.2, 0) is 4.79 Å². The number of ether oxygens (including phenoxy) is 1. The van der Waals surface area contributed by atoms with Gasteiger partial charge in [0.1, 0.15) is 5.75 Å². The van der Waals surface area contributed by atoms with Gasteiger partial charge in [-0.05, 0) is 42.5 Å². The second-order valence-corrected chi connectivity index (χ2v) is 5.73. The average molecular weight is 265 g/mol. The van der Waals surface area contributed by atoms with Crippen molar-refractivity contribution < 1.29 is 14.6 Å². The maximum atomic E-state index is 10.8. The molecule has 4 nitrogen and oxygen atoms in total. The Balaban J connectivity index is 2.76. The number of carboxylic acids is 1. The first kappa shape index (κ1) is 15.3. The first-order valence-corrected chi connectivity index (χ1v) is 6.36. The Hall–Kier alpha value is -1.71. The summed E-state index contributed by atoms with van der Waals surface area (Å²) in [5.41, 5.74) is 2.85. The topological polar surface area (TPSA) is 58.6 Å². The second-order valence-electron chi connectivity index (χ2n) is 5.73. The molecule has 2 N–H and O–H groups in total. The predicted molar refractivity (Wildman–Crippen MR) is 77.0 cm³/mol. The third-order valence-electron chi connectivity index (χ3n) is 3.07. The highest BCUT2D eigenvalue weighted by molar-refractivity contribution is 5.67. The molecule has 0 amide bonds. The number of carboxylic acid groups (broad SMARTS) is 1. The molecule has 0 heterocycles. The summed E-state index contributed by atoms with van der Waals surface area (Å²) in [5.74, 6) is 0.129. The summed E-state index contributed by atoms with van der Waals surface area (Å²) >= 11 is 0. The summed E-state index contributed by atoms with van der Waals surface area (Å²) in [7, 11) is 1.67. The molecule has 0 aliphatic rings. The molecule has 0 aromatic heterocycles. The Labute approximate surface area is 114 Å². The van der Waals surface area contributed by atoms with E-state index in [2.05, 4.69) is 5.32 Å². The van der Waals surface area contributed by atoms with Gasteiger partial charge in [-0.15, -0.1) is 0 Å². The first-order valence-electron chi connectivity index (χ1n) is 6.36. The molecule has 0 fully saturated rings. The average Bonchev–Trinajstić information content (AvgIpc) is 2.24. The molecular weight excluding hydrogens is 242 g/mol. The lowest BCUT2D eigenvalue weighted by molar-refractivity contribution is -0.139. The zero-order valence-corrected chi connectivity index (χ0v) is 12.3. The van der Waals surface area contributed by atoms with Crippen LogP contribution in [-0.4, -0.2) is 24.7 Å². The van der Waals surface area contributed by atoms with Gasteiger partial charge in [-0.2, -0.15) is 0 Å². The van der Waals surface area contributed by atoms with E-state index in [0.717, 1.165) is 22.6 Å². The highest BCUT2D eigenvalue weighted by atomic mass is 16.5. The SMILES string of the molecule is COc1c(C)cc(NCC(C)(C)CC(=O)O)cc1C. The Bertz CT molecular complexity index is 443. The van der Waals surface area contributed by atoms with E-state index in [4.69, 9.17) is 9.84 Å². The number of rotatable bonds is 6. The fraction of sp³-hybridized carbons (Fsp3) is 0.533. The van der Waals surface area contributed by atoms with Crippen LogP contribution >= 0.6 is 0 Å². The van der Waals surface area contributed by atoms with Crippen molar-refractivity contribution >= 4 is 11.7 Å². The van der Waals surface area contributed by atoms with Crippen molar-refractivity contribution in [1.29, 1.82) is 0 Å². The third kappa shape index (κ3) is 4.47. The second kappa shape index (κ2) is 5.95. The van der Waals surface area contributed by atoms with Crippen LogP contribution < -0.4 is 10.1 Å². The van der Waals surface area contributed by atoms with E-state index in [1.807, 2.05) is 39.8 Å². The number of aryl methyl sites for hydroxylation is 2. The van der Waals surface area contributed by atoms with Crippen molar-refractivity contribution in [2.45, 2.75) is 34.1 Å². The Morgan fingerprint density at radius 1 is 1.32 bits per heavy atom. The molecule has 0 saturated heterocycles. The normalized spacial score (nSPS) is 11.2. The van der Waals surface area contributed by atoms with Crippen LogP contribution in [0.15, 0.2) is 12.1 Å². The lowest BCUT2D eigenvalue weighted by Crippen LogP contribution is -2.26. The summed E-state index contributed by atoms with van der Waals surface area (Å²) in [4.78, 5) is 10.8. The Morgan fingerprint density at radius 2 is 1.84 bits per heavy atom. The van der Waals surface area contributed by atoms with Crippen molar-refractivity contribution in [1.82, 2.24) is 0 Å². The summed E-state index contributed by atoms with van der Waals surface area (Å²) in [6, 6.07) is 4.03. The molecule has 19 heavy (non-hydrogen) atoms. The molecule has 1 aromatic rings. The molecule has 0 radical (unpaired) electrons. The van der Waals surface area contributed by atoms with Crippen LogP contribution in [0.5, 0.6) is 5.75 Å². The fourth-order valence-electron chi connectivity index (χ4n) is 2.19. The number of hydrogen-bond acceptors (Lipinski definition) is 3. The predicted octanol–water partition coefficient (Wildman–Crippen LogP) is 3.22. The maximum absolute atomic E-state index is 10.8. The van der Waals surface area contributed by atoms with E-state index in [-0.39, 0.29) is 11.8 Å². The van der Waals surface area contributed by atoms with Crippen molar-refractivity contribution in [2.75, 3.05) is 19.0 Å². The van der Waals surface area contributed by atoms with E-state index in [9.17, 15) is 4.79 Å². The Morgan fingerprint density at radius 3 is 2.26 bits per heavy atom. The number of carbonyl (C=O) groups is 1. The van der Waals surface area contributed by atoms with Gasteiger partial charge < -0.3 is 15.2 Å². The Kier molecular flexibility index (Phi) is 4.81. The number of benzene rings is 1. The van der Waals surface area contributed by atoms with Gasteiger partial charge in [0.25, 0.3) is 0 Å². The van der Waals surface area contributed by atoms with Gasteiger partial charge in [-0.1, -0.05) is 13.8 Å². The molecule has 0 spiro atoms. The van der Waals surface area contributed by atoms with Crippen LogP contribution in [0.2, 0.25) is 0 Å². The van der Waals surface area contributed by atoms with Crippen LogP contribution in [0.1, 0.15) is 31.4 Å². The number of nitrogens with one attached hydrogen (secondary N) is 1. The molecule has 0 saturated carbocycles. The third-order valence-corrected chi connectivity index (χ3v) is 3.07. The number of hydrogen-bond donors (Lipinski definition) is 2. The molecule has 0 unspecified atom stereocenters. The van der Waals surface area contributed by atoms with Gasteiger partial charge >= 0.3 is 5.97 Å². The fourth-order valence-corrected chi connectivity index (χ4v) is 2.19. The lowest BCUT2D eigenvalue weighted by atomic mass is 9.89. The first-order chi connectivity index (χ1) is 8.75. The summed E-state index contributed by atoms with van der Waals surface area (Å²) in [6.07, 6.45) is 0.147. The van der Waals surface area contributed by atoms with Gasteiger partial charge in [0.05, 0.1) is 13.5 Å². The lowest BCUT2D eigenvalue weighted by Gasteiger charge is -2.24. The number of anilines is 1. The van der Waals surface area contributed by atoms with Crippen LogP contribution in [0, 0.1) is 19.3 Å². The van der Waals surface area contributed by atoms with E-state index < -0.39 is 5.97 Å². The minimum absolute atomic E-state index is 0.147. The van der Waals surface area contributed by atoms with Gasteiger partial charge in [-0.25, -0.2) is 0 Å². The van der Waals surface area contributed by atoms with Gasteiger partial charge in [-0.3, -0.25) is 4.79 Å². The zero-order valence-electron chi connectivity index (χ0n) is 12.3. The standard InChI is InChI=1S/C15H23NO3/c1-10-6-12(7-11(2)14(10)19-5)16-9-15(3,4)8-13(17)18/h6-7,16H,8-9H2,1-5H3,(H,17,18). The highest BCUT2D eigenvalue weighted by Gasteiger charge is 2.21. The largest absolute Gasteiger partial charge is 0.496 e. The summed E-state index contributed by atoms with van der Waals surface area (Å²) in [5, 5.41) is 12.2. The molecule has 0 aliphatic heterocycles. The van der Waals surface area contributed by atoms with Crippen molar-refractivity contribution in [3.05, 3.63) is 23.3 Å². The number of aliphatic carboxylic acids is 1. The van der Waals surface area contributed by atoms with Gasteiger partial charge in [0, 0.05) is 12.2 Å². The molecular formula is C15H23NO3. The quantitative estimate of drug-likeness (QED) is 0.829. The van der Waals surface area contributed by atoms with Crippen LogP contribution in [0.25, 0.3) is 0 Å². The summed E-state index contributed by atoms with van der Waals surface area (Å²) in [6.45, 7) is 8.50. The smallest absolute Gasteiger partial charge is 0.303 e. The molecule has 1 rings (SSSR count). The number of methoxy groups -OCH3 is 1. The van der Waals surface area contributed by atoms with Crippen molar-refractivity contribution in [3.63, 3.8) is 0 Å². The highest BCUT2D eigenvalue weighted by Crippen LogP contribution is 2.28. The molecule has 0 atom stereocenters. The maximum Gasteiger partial charge on any atom is 0.303 e. The van der Waals surface area contributed by atoms with Gasteiger partial charge in [0.15, 0.2) is 0 Å². The van der Waals surface area contributed by atoms with Crippen molar-refractivity contribution in [3.8, 4) is 5.75 Å². The zero-order chi connectivity index (χ0) is 14.6. The van der Waals surface area contributed by atoms with E-state index >= 15 is 0 Å². The molecule has 4 heteroatoms. The van der Waals surface area contributed by atoms with E-state index in [1.165, 1.54) is 0 Å². The molecule has 0 bridgehead atoms. The summed E-state index contributed by atoms with van der Waals surface area (Å²) < 4.78 is 5.32. The van der Waals surface area contributed by atoms with E-state index in [0.29, 0.717) is 6.54 Å². The van der Waals surface area contributed by atoms with Crippen LogP contribution in [0.3, 0.4) is 0 Å². The minimum Gasteiger partial charge on any atom is -0.496 e. The molecule has 1 aromatic carbocycles. The minimum atomic E-state index is -0.770. The molecule has 0 aliphatic carbocycles. The van der Waals surface area contributed by atoms with E-state index in [1.54, 1.807) is 7.11 Å². The van der Waals surface area contributed by atoms with Crippen molar-refractivity contribution in [2.24, 2.45) is 5.41 Å². The van der Waals surface area contributed by atoms with Gasteiger partial charge in [0.2, 0.25) is 0 Å². The molecule has 106 valence electrons. The monoisotopic (exact) mass is 265 g/mol.